The number of rotatable bonds is 4. The first-order valence-electron chi connectivity index (χ1n) is 6.68. The molecule has 1 aromatic rings. The normalized spacial score (nSPS) is 16.1. The van der Waals surface area contributed by atoms with Gasteiger partial charge in [0, 0.05) is 6.54 Å². The first-order valence-corrected chi connectivity index (χ1v) is 8.23. The van der Waals surface area contributed by atoms with E-state index in [4.69, 9.17) is 0 Å². The standard InChI is InChI=1S/C14H19NO4S/c1-19-14(16)15-10-11-6-8-13(9-7-11)20(17,18)12-4-2-3-5-12/h6-9,12H,2-5,10H2,1H3,(H,15,16). The van der Waals surface area contributed by atoms with Gasteiger partial charge in [-0.3, -0.25) is 0 Å². The topological polar surface area (TPSA) is 72.5 Å². The van der Waals surface area contributed by atoms with Crippen LogP contribution in [0.4, 0.5) is 4.79 Å². The van der Waals surface area contributed by atoms with E-state index in [0.717, 1.165) is 31.2 Å². The molecular weight excluding hydrogens is 278 g/mol. The fourth-order valence-electron chi connectivity index (χ4n) is 2.43. The Morgan fingerprint density at radius 1 is 1.25 bits per heavy atom. The van der Waals surface area contributed by atoms with E-state index in [1.165, 1.54) is 7.11 Å². The van der Waals surface area contributed by atoms with Gasteiger partial charge < -0.3 is 10.1 Å². The van der Waals surface area contributed by atoms with Crippen LogP contribution in [0.5, 0.6) is 0 Å². The number of hydrogen-bond donors (Lipinski definition) is 1. The molecule has 20 heavy (non-hydrogen) atoms. The SMILES string of the molecule is COC(=O)NCc1ccc(S(=O)(=O)C2CCCC2)cc1. The lowest BCUT2D eigenvalue weighted by atomic mass is 10.2. The molecule has 0 atom stereocenters. The Kier molecular flexibility index (Phi) is 4.65. The summed E-state index contributed by atoms with van der Waals surface area (Å²) in [4.78, 5) is 11.3. The van der Waals surface area contributed by atoms with Crippen molar-refractivity contribution in [1.82, 2.24) is 5.32 Å². The van der Waals surface area contributed by atoms with Gasteiger partial charge in [0.1, 0.15) is 0 Å². The Morgan fingerprint density at radius 3 is 2.40 bits per heavy atom. The van der Waals surface area contributed by atoms with E-state index in [0.29, 0.717) is 11.4 Å². The molecule has 0 radical (unpaired) electrons. The van der Waals surface area contributed by atoms with E-state index in [1.807, 2.05) is 0 Å². The molecule has 1 aromatic carbocycles. The number of methoxy groups -OCH3 is 1. The van der Waals surface area contributed by atoms with Gasteiger partial charge in [-0.2, -0.15) is 0 Å². The van der Waals surface area contributed by atoms with Crippen LogP contribution in [0.25, 0.3) is 0 Å². The van der Waals surface area contributed by atoms with Crippen LogP contribution in [0.15, 0.2) is 29.2 Å². The van der Waals surface area contributed by atoms with Crippen LogP contribution >= 0.6 is 0 Å². The molecule has 2 rings (SSSR count). The number of benzene rings is 1. The van der Waals surface area contributed by atoms with Crippen LogP contribution in [0.2, 0.25) is 0 Å². The summed E-state index contributed by atoms with van der Waals surface area (Å²) in [6.07, 6.45) is 2.99. The summed E-state index contributed by atoms with van der Waals surface area (Å²) < 4.78 is 29.2. The van der Waals surface area contributed by atoms with Crippen molar-refractivity contribution in [2.45, 2.75) is 42.4 Å². The van der Waals surface area contributed by atoms with Gasteiger partial charge in [-0.05, 0) is 30.5 Å². The lowest BCUT2D eigenvalue weighted by Gasteiger charge is -2.11. The number of hydrogen-bond acceptors (Lipinski definition) is 4. The molecule has 6 heteroatoms. The Morgan fingerprint density at radius 2 is 1.85 bits per heavy atom. The van der Waals surface area contributed by atoms with Crippen molar-refractivity contribution in [2.75, 3.05) is 7.11 Å². The summed E-state index contributed by atoms with van der Waals surface area (Å²) in [5.74, 6) is 0. The van der Waals surface area contributed by atoms with Crippen molar-refractivity contribution in [3.63, 3.8) is 0 Å². The molecule has 110 valence electrons. The van der Waals surface area contributed by atoms with E-state index in [9.17, 15) is 13.2 Å². The Balaban J connectivity index is 2.06. The highest BCUT2D eigenvalue weighted by Gasteiger charge is 2.29. The van der Waals surface area contributed by atoms with Crippen molar-refractivity contribution < 1.29 is 17.9 Å². The Bertz CT molecular complexity index is 559. The summed E-state index contributed by atoms with van der Waals surface area (Å²) >= 11 is 0. The van der Waals surface area contributed by atoms with E-state index >= 15 is 0 Å². The zero-order valence-corrected chi connectivity index (χ0v) is 12.3. The molecular formula is C14H19NO4S. The molecule has 1 amide bonds. The second-order valence-electron chi connectivity index (χ2n) is 4.94. The maximum Gasteiger partial charge on any atom is 0.407 e. The minimum absolute atomic E-state index is 0.235. The number of carbonyl (C=O) groups excluding carboxylic acids is 1. The summed E-state index contributed by atoms with van der Waals surface area (Å²) in [6.45, 7) is 0.316. The number of amides is 1. The number of sulfone groups is 1. The van der Waals surface area contributed by atoms with Crippen LogP contribution < -0.4 is 5.32 Å². The van der Waals surface area contributed by atoms with Crippen molar-refractivity contribution in [3.05, 3.63) is 29.8 Å². The molecule has 1 saturated carbocycles. The second kappa shape index (κ2) is 6.26. The molecule has 1 fully saturated rings. The third-order valence-corrected chi connectivity index (χ3v) is 5.89. The third kappa shape index (κ3) is 3.30. The monoisotopic (exact) mass is 297 g/mol. The second-order valence-corrected chi connectivity index (χ2v) is 7.17. The number of carbonyl (C=O) groups is 1. The summed E-state index contributed by atoms with van der Waals surface area (Å²) in [5.41, 5.74) is 0.834. The molecule has 0 aliphatic heterocycles. The maximum atomic E-state index is 12.4. The molecule has 1 aliphatic carbocycles. The fraction of sp³-hybridized carbons (Fsp3) is 0.500. The quantitative estimate of drug-likeness (QED) is 0.925. The van der Waals surface area contributed by atoms with E-state index < -0.39 is 15.9 Å². The van der Waals surface area contributed by atoms with Crippen LogP contribution in [-0.4, -0.2) is 26.9 Å². The van der Waals surface area contributed by atoms with Gasteiger partial charge in [0.05, 0.1) is 17.3 Å². The number of ether oxygens (including phenoxy) is 1. The van der Waals surface area contributed by atoms with Crippen LogP contribution in [0.1, 0.15) is 31.2 Å². The minimum Gasteiger partial charge on any atom is -0.453 e. The zero-order chi connectivity index (χ0) is 14.6. The highest BCUT2D eigenvalue weighted by atomic mass is 32.2. The predicted octanol–water partition coefficient (Wildman–Crippen LogP) is 2.26. The molecule has 0 aromatic heterocycles. The highest BCUT2D eigenvalue weighted by molar-refractivity contribution is 7.92. The minimum atomic E-state index is -3.20. The lowest BCUT2D eigenvalue weighted by molar-refractivity contribution is 0.170. The van der Waals surface area contributed by atoms with Gasteiger partial charge in [0.2, 0.25) is 0 Å². The average Bonchev–Trinajstić information content (AvgIpc) is 3.00. The lowest BCUT2D eigenvalue weighted by Crippen LogP contribution is -2.22. The third-order valence-electron chi connectivity index (χ3n) is 3.62. The molecule has 1 aliphatic rings. The van der Waals surface area contributed by atoms with E-state index in [2.05, 4.69) is 10.1 Å². The van der Waals surface area contributed by atoms with Gasteiger partial charge in [-0.15, -0.1) is 0 Å². The largest absolute Gasteiger partial charge is 0.453 e. The summed E-state index contributed by atoms with van der Waals surface area (Å²) in [7, 11) is -1.91. The maximum absolute atomic E-state index is 12.4. The average molecular weight is 297 g/mol. The first kappa shape index (κ1) is 14.8. The molecule has 0 spiro atoms. The summed E-state index contributed by atoms with van der Waals surface area (Å²) in [5, 5.41) is 2.32. The van der Waals surface area contributed by atoms with Crippen molar-refractivity contribution in [2.24, 2.45) is 0 Å². The van der Waals surface area contributed by atoms with Crippen LogP contribution in [0.3, 0.4) is 0 Å². The van der Waals surface area contributed by atoms with Crippen molar-refractivity contribution in [1.29, 1.82) is 0 Å². The van der Waals surface area contributed by atoms with E-state index in [1.54, 1.807) is 24.3 Å². The molecule has 0 bridgehead atoms. The number of alkyl carbamates (subject to hydrolysis) is 1. The van der Waals surface area contributed by atoms with Gasteiger partial charge >= 0.3 is 6.09 Å². The Labute approximate surface area is 119 Å². The molecule has 0 saturated heterocycles. The smallest absolute Gasteiger partial charge is 0.407 e. The molecule has 0 unspecified atom stereocenters. The first-order chi connectivity index (χ1) is 9.54. The summed E-state index contributed by atoms with van der Waals surface area (Å²) in [6, 6.07) is 6.67. The van der Waals surface area contributed by atoms with Gasteiger partial charge in [0.25, 0.3) is 0 Å². The van der Waals surface area contributed by atoms with E-state index in [-0.39, 0.29) is 5.25 Å². The van der Waals surface area contributed by atoms with Gasteiger partial charge in [-0.25, -0.2) is 13.2 Å². The van der Waals surface area contributed by atoms with Crippen LogP contribution in [0, 0.1) is 0 Å². The van der Waals surface area contributed by atoms with Crippen molar-refractivity contribution >= 4 is 15.9 Å². The Hall–Kier alpha value is -1.56. The molecule has 5 nitrogen and oxygen atoms in total. The fourth-order valence-corrected chi connectivity index (χ4v) is 4.29. The zero-order valence-electron chi connectivity index (χ0n) is 11.5. The van der Waals surface area contributed by atoms with Crippen LogP contribution in [-0.2, 0) is 21.1 Å². The van der Waals surface area contributed by atoms with Gasteiger partial charge in [-0.1, -0.05) is 25.0 Å². The molecule has 1 N–H and O–H groups in total. The van der Waals surface area contributed by atoms with Gasteiger partial charge in [0.15, 0.2) is 9.84 Å². The highest BCUT2D eigenvalue weighted by Crippen LogP contribution is 2.29. The molecule has 0 heterocycles. The number of nitrogens with one attached hydrogen (secondary N) is 1. The van der Waals surface area contributed by atoms with Crippen molar-refractivity contribution in [3.8, 4) is 0 Å². The predicted molar refractivity (Wildman–Crippen MR) is 75.1 cm³/mol.